The van der Waals surface area contributed by atoms with E-state index in [1.165, 1.54) is 11.3 Å². The molecule has 17 heavy (non-hydrogen) atoms. The Morgan fingerprint density at radius 1 is 1.76 bits per heavy atom. The van der Waals surface area contributed by atoms with Crippen molar-refractivity contribution in [2.75, 3.05) is 13.2 Å². The van der Waals surface area contributed by atoms with Crippen LogP contribution in [0.3, 0.4) is 0 Å². The molecule has 1 unspecified atom stereocenters. The van der Waals surface area contributed by atoms with Crippen LogP contribution in [0.2, 0.25) is 0 Å². The van der Waals surface area contributed by atoms with Gasteiger partial charge in [0.2, 0.25) is 0 Å². The minimum absolute atomic E-state index is 0.144. The zero-order valence-corrected chi connectivity index (χ0v) is 10.7. The van der Waals surface area contributed by atoms with Gasteiger partial charge in [-0.2, -0.15) is 0 Å². The van der Waals surface area contributed by atoms with Crippen LogP contribution in [0, 0.1) is 0 Å². The molecule has 0 radical (unpaired) electrons. The molecule has 3 N–H and O–H groups in total. The maximum Gasteiger partial charge on any atom is 0.271 e. The average molecular weight is 255 g/mol. The van der Waals surface area contributed by atoms with Crippen molar-refractivity contribution in [3.05, 3.63) is 16.1 Å². The lowest BCUT2D eigenvalue weighted by atomic mass is 9.95. The number of amides is 1. The number of hydrogen-bond donors (Lipinski definition) is 2. The van der Waals surface area contributed by atoms with Crippen molar-refractivity contribution in [1.29, 1.82) is 0 Å². The maximum absolute atomic E-state index is 12.0. The van der Waals surface area contributed by atoms with E-state index in [9.17, 15) is 4.79 Å². The summed E-state index contributed by atoms with van der Waals surface area (Å²) in [5.41, 5.74) is 5.64. The Balaban J connectivity index is 2.00. The standard InChI is InChI=1S/C11H17N3O2S/c1-11(3-2-4-16-7-11)14-10(15)8-6-17-9(5-12)13-8/h6H,2-5,7,12H2,1H3,(H,14,15). The van der Waals surface area contributed by atoms with Gasteiger partial charge < -0.3 is 15.8 Å². The molecule has 1 aromatic heterocycles. The molecule has 1 saturated heterocycles. The molecule has 0 bridgehead atoms. The second-order valence-electron chi connectivity index (χ2n) is 4.50. The van der Waals surface area contributed by atoms with E-state index in [2.05, 4.69) is 10.3 Å². The summed E-state index contributed by atoms with van der Waals surface area (Å²) < 4.78 is 5.40. The first-order chi connectivity index (χ1) is 8.13. The Kier molecular flexibility index (Phi) is 3.76. The predicted molar refractivity (Wildman–Crippen MR) is 65.9 cm³/mol. The van der Waals surface area contributed by atoms with Crippen LogP contribution in [0.15, 0.2) is 5.38 Å². The highest BCUT2D eigenvalue weighted by atomic mass is 32.1. The summed E-state index contributed by atoms with van der Waals surface area (Å²) in [4.78, 5) is 16.1. The van der Waals surface area contributed by atoms with Crippen molar-refractivity contribution in [3.63, 3.8) is 0 Å². The summed E-state index contributed by atoms with van der Waals surface area (Å²) in [6.45, 7) is 3.71. The van der Waals surface area contributed by atoms with E-state index in [0.717, 1.165) is 24.5 Å². The van der Waals surface area contributed by atoms with Crippen LogP contribution in [-0.2, 0) is 11.3 Å². The Morgan fingerprint density at radius 3 is 3.18 bits per heavy atom. The Hall–Kier alpha value is -0.980. The van der Waals surface area contributed by atoms with Crippen LogP contribution in [0.25, 0.3) is 0 Å². The molecule has 1 amide bonds. The van der Waals surface area contributed by atoms with Crippen molar-refractivity contribution < 1.29 is 9.53 Å². The molecule has 0 saturated carbocycles. The monoisotopic (exact) mass is 255 g/mol. The number of ether oxygens (including phenoxy) is 1. The maximum atomic E-state index is 12.0. The van der Waals surface area contributed by atoms with E-state index in [0.29, 0.717) is 18.8 Å². The van der Waals surface area contributed by atoms with Gasteiger partial charge in [-0.15, -0.1) is 11.3 Å². The van der Waals surface area contributed by atoms with E-state index in [-0.39, 0.29) is 11.4 Å². The van der Waals surface area contributed by atoms with Gasteiger partial charge in [-0.25, -0.2) is 4.98 Å². The largest absolute Gasteiger partial charge is 0.379 e. The number of carbonyl (C=O) groups excluding carboxylic acids is 1. The van der Waals surface area contributed by atoms with Gasteiger partial charge >= 0.3 is 0 Å². The molecule has 5 nitrogen and oxygen atoms in total. The van der Waals surface area contributed by atoms with Gasteiger partial charge in [-0.1, -0.05) is 0 Å². The molecule has 1 aliphatic heterocycles. The summed E-state index contributed by atoms with van der Waals surface area (Å²) in [6.07, 6.45) is 1.91. The minimum Gasteiger partial charge on any atom is -0.379 e. The van der Waals surface area contributed by atoms with Crippen LogP contribution in [-0.4, -0.2) is 29.6 Å². The van der Waals surface area contributed by atoms with E-state index < -0.39 is 0 Å². The third-order valence-electron chi connectivity index (χ3n) is 2.81. The summed E-state index contributed by atoms with van der Waals surface area (Å²) in [6, 6.07) is 0. The Labute approximate surface area is 104 Å². The van der Waals surface area contributed by atoms with Crippen molar-refractivity contribution in [3.8, 4) is 0 Å². The highest BCUT2D eigenvalue weighted by Gasteiger charge is 2.30. The molecule has 94 valence electrons. The molecule has 0 aromatic carbocycles. The fourth-order valence-corrected chi connectivity index (χ4v) is 2.53. The SMILES string of the molecule is CC1(NC(=O)c2csc(CN)n2)CCCOC1. The number of carbonyl (C=O) groups is 1. The van der Waals surface area contributed by atoms with Crippen molar-refractivity contribution in [1.82, 2.24) is 10.3 Å². The zero-order valence-electron chi connectivity index (χ0n) is 9.86. The molecule has 0 spiro atoms. The minimum atomic E-state index is -0.276. The molecule has 1 aromatic rings. The topological polar surface area (TPSA) is 77.2 Å². The molecule has 1 atom stereocenters. The van der Waals surface area contributed by atoms with Crippen molar-refractivity contribution in [2.45, 2.75) is 31.8 Å². The number of nitrogens with one attached hydrogen (secondary N) is 1. The number of rotatable bonds is 3. The van der Waals surface area contributed by atoms with Crippen LogP contribution in [0.4, 0.5) is 0 Å². The van der Waals surface area contributed by atoms with Crippen LogP contribution in [0.5, 0.6) is 0 Å². The van der Waals surface area contributed by atoms with Crippen LogP contribution >= 0.6 is 11.3 Å². The van der Waals surface area contributed by atoms with Gasteiger partial charge in [-0.05, 0) is 19.8 Å². The number of aromatic nitrogens is 1. The van der Waals surface area contributed by atoms with Gasteiger partial charge in [0.25, 0.3) is 5.91 Å². The average Bonchev–Trinajstić information content (AvgIpc) is 2.78. The Bertz CT molecular complexity index is 399. The first kappa shape index (κ1) is 12.5. The van der Waals surface area contributed by atoms with Crippen LogP contribution < -0.4 is 11.1 Å². The molecular weight excluding hydrogens is 238 g/mol. The van der Waals surface area contributed by atoms with Gasteiger partial charge in [0.15, 0.2) is 0 Å². The first-order valence-corrected chi connectivity index (χ1v) is 6.56. The molecule has 2 rings (SSSR count). The van der Waals surface area contributed by atoms with E-state index in [1.54, 1.807) is 5.38 Å². The molecule has 0 aliphatic carbocycles. The Morgan fingerprint density at radius 2 is 2.59 bits per heavy atom. The molecular formula is C11H17N3O2S. The smallest absolute Gasteiger partial charge is 0.271 e. The van der Waals surface area contributed by atoms with Gasteiger partial charge in [0.05, 0.1) is 12.1 Å². The van der Waals surface area contributed by atoms with Crippen molar-refractivity contribution >= 4 is 17.2 Å². The predicted octanol–water partition coefficient (Wildman–Crippen LogP) is 0.901. The van der Waals surface area contributed by atoms with Crippen molar-refractivity contribution in [2.24, 2.45) is 5.73 Å². The van der Waals surface area contributed by atoms with Gasteiger partial charge in [-0.3, -0.25) is 4.79 Å². The molecule has 2 heterocycles. The zero-order chi connectivity index (χ0) is 12.3. The fraction of sp³-hybridized carbons (Fsp3) is 0.636. The van der Waals surface area contributed by atoms with Gasteiger partial charge in [0.1, 0.15) is 10.7 Å². The lowest BCUT2D eigenvalue weighted by molar-refractivity contribution is 0.0271. The molecule has 1 aliphatic rings. The number of nitrogens with two attached hydrogens (primary N) is 1. The number of hydrogen-bond acceptors (Lipinski definition) is 5. The normalized spacial score (nSPS) is 24.6. The fourth-order valence-electron chi connectivity index (χ4n) is 1.88. The number of thiazole rings is 1. The first-order valence-electron chi connectivity index (χ1n) is 5.68. The summed E-state index contributed by atoms with van der Waals surface area (Å²) in [7, 11) is 0. The quantitative estimate of drug-likeness (QED) is 0.841. The third kappa shape index (κ3) is 3.02. The molecule has 6 heteroatoms. The summed E-state index contributed by atoms with van der Waals surface area (Å²) in [5, 5.41) is 5.51. The second-order valence-corrected chi connectivity index (χ2v) is 5.44. The highest BCUT2D eigenvalue weighted by molar-refractivity contribution is 7.09. The summed E-state index contributed by atoms with van der Waals surface area (Å²) in [5.74, 6) is -0.144. The van der Waals surface area contributed by atoms with Gasteiger partial charge in [0, 0.05) is 18.5 Å². The second kappa shape index (κ2) is 5.12. The van der Waals surface area contributed by atoms with E-state index in [4.69, 9.17) is 10.5 Å². The lowest BCUT2D eigenvalue weighted by Gasteiger charge is -2.34. The lowest BCUT2D eigenvalue weighted by Crippen LogP contribution is -2.51. The number of nitrogens with zero attached hydrogens (tertiary/aromatic N) is 1. The van der Waals surface area contributed by atoms with E-state index in [1.807, 2.05) is 6.92 Å². The van der Waals surface area contributed by atoms with E-state index >= 15 is 0 Å². The van der Waals surface area contributed by atoms with Crippen LogP contribution in [0.1, 0.15) is 35.3 Å². The third-order valence-corrected chi connectivity index (χ3v) is 3.68. The molecule has 1 fully saturated rings. The highest BCUT2D eigenvalue weighted by Crippen LogP contribution is 2.19. The summed E-state index contributed by atoms with van der Waals surface area (Å²) >= 11 is 1.41.